The van der Waals surface area contributed by atoms with Crippen molar-refractivity contribution in [3.63, 3.8) is 0 Å². The molecule has 2 N–H and O–H groups in total. The fraction of sp³-hybridized carbons (Fsp3) is 0.600. The molecule has 29 heavy (non-hydrogen) atoms. The van der Waals surface area contributed by atoms with Gasteiger partial charge in [0, 0.05) is 13.1 Å². The molecule has 1 aliphatic heterocycles. The van der Waals surface area contributed by atoms with Gasteiger partial charge in [0.05, 0.1) is 12.9 Å². The van der Waals surface area contributed by atoms with E-state index in [0.717, 1.165) is 25.7 Å². The lowest BCUT2D eigenvalue weighted by atomic mass is 9.91. The molecule has 1 atom stereocenters. The van der Waals surface area contributed by atoms with Gasteiger partial charge in [-0.3, -0.25) is 4.79 Å². The summed E-state index contributed by atoms with van der Waals surface area (Å²) in [5, 5.41) is 9.38. The van der Waals surface area contributed by atoms with Crippen LogP contribution in [0.3, 0.4) is 0 Å². The van der Waals surface area contributed by atoms with Crippen molar-refractivity contribution in [2.75, 3.05) is 20.2 Å². The predicted molar refractivity (Wildman–Crippen MR) is 109 cm³/mol. The minimum absolute atomic E-state index is 0.240. The van der Waals surface area contributed by atoms with Crippen LogP contribution in [0.4, 0.5) is 4.79 Å². The molecule has 2 rings (SSSR count). The van der Waals surface area contributed by atoms with E-state index < -0.39 is 22.0 Å². The van der Waals surface area contributed by atoms with Crippen LogP contribution in [0, 0.1) is 5.92 Å². The number of nitrogens with one attached hydrogen (secondary N) is 1. The molecule has 1 heterocycles. The van der Waals surface area contributed by atoms with Crippen LogP contribution in [-0.4, -0.2) is 56.7 Å². The van der Waals surface area contributed by atoms with Crippen molar-refractivity contribution in [3.8, 4) is 0 Å². The number of carbonyl (C=O) groups excluding carboxylic acids is 1. The highest BCUT2D eigenvalue weighted by atomic mass is 32.2. The van der Waals surface area contributed by atoms with Crippen molar-refractivity contribution in [2.45, 2.75) is 50.3 Å². The van der Waals surface area contributed by atoms with Crippen molar-refractivity contribution in [1.82, 2.24) is 9.62 Å². The van der Waals surface area contributed by atoms with Gasteiger partial charge in [0.1, 0.15) is 6.04 Å². The molecule has 0 aliphatic carbocycles. The number of benzene rings is 1. The average Bonchev–Trinajstić information content (AvgIpc) is 2.70. The van der Waals surface area contributed by atoms with E-state index in [9.17, 15) is 23.1 Å². The first kappa shape index (κ1) is 23.2. The fourth-order valence-electron chi connectivity index (χ4n) is 3.60. The van der Waals surface area contributed by atoms with Crippen LogP contribution in [0.2, 0.25) is 0 Å². The fourth-order valence-corrected chi connectivity index (χ4v) is 4.97. The van der Waals surface area contributed by atoms with Gasteiger partial charge in [0.15, 0.2) is 0 Å². The van der Waals surface area contributed by atoms with E-state index in [-0.39, 0.29) is 18.3 Å². The second-order valence-electron chi connectivity index (χ2n) is 7.44. The summed E-state index contributed by atoms with van der Waals surface area (Å²) in [6, 6.07) is 7.55. The number of methoxy groups -OCH3 is 1. The first-order valence-electron chi connectivity index (χ1n) is 9.90. The van der Waals surface area contributed by atoms with Gasteiger partial charge in [0.2, 0.25) is 10.0 Å². The Kier molecular flexibility index (Phi) is 8.91. The molecule has 1 aromatic carbocycles. The van der Waals surface area contributed by atoms with Crippen LogP contribution >= 0.6 is 0 Å². The van der Waals surface area contributed by atoms with E-state index in [2.05, 4.69) is 4.72 Å². The first-order chi connectivity index (χ1) is 13.8. The van der Waals surface area contributed by atoms with Crippen molar-refractivity contribution >= 4 is 22.1 Å². The lowest BCUT2D eigenvalue weighted by Crippen LogP contribution is -2.41. The summed E-state index contributed by atoms with van der Waals surface area (Å²) in [5.41, 5.74) is 0.613. The summed E-state index contributed by atoms with van der Waals surface area (Å²) in [5.74, 6) is -0.905. The Hall–Kier alpha value is -2.13. The van der Waals surface area contributed by atoms with E-state index in [1.165, 1.54) is 7.11 Å². The van der Waals surface area contributed by atoms with E-state index in [1.54, 1.807) is 35.2 Å². The summed E-state index contributed by atoms with van der Waals surface area (Å²) in [6.07, 6.45) is 4.16. The maximum Gasteiger partial charge on any atom is 0.409 e. The molecule has 8 nitrogen and oxygen atoms in total. The van der Waals surface area contributed by atoms with Crippen LogP contribution in [-0.2, 0) is 25.3 Å². The molecule has 1 fully saturated rings. The molecular weight excluding hydrogens is 396 g/mol. The molecule has 1 aliphatic rings. The third kappa shape index (κ3) is 8.02. The summed E-state index contributed by atoms with van der Waals surface area (Å²) >= 11 is 0. The number of unbranched alkanes of at least 4 members (excludes halogenated alkanes) is 1. The third-order valence-corrected chi connectivity index (χ3v) is 6.58. The number of nitrogens with zero attached hydrogens (tertiary/aromatic N) is 1. The largest absolute Gasteiger partial charge is 0.480 e. The number of carboxylic acids is 1. The number of rotatable bonds is 10. The van der Waals surface area contributed by atoms with Crippen molar-refractivity contribution in [3.05, 3.63) is 35.9 Å². The van der Waals surface area contributed by atoms with Crippen LogP contribution in [0.15, 0.2) is 30.3 Å². The van der Waals surface area contributed by atoms with Gasteiger partial charge in [-0.1, -0.05) is 49.6 Å². The molecule has 0 bridgehead atoms. The minimum atomic E-state index is -3.73. The van der Waals surface area contributed by atoms with Crippen LogP contribution in [0.5, 0.6) is 0 Å². The Bertz CT molecular complexity index is 760. The number of hydrogen-bond acceptors (Lipinski definition) is 5. The van der Waals surface area contributed by atoms with Gasteiger partial charge >= 0.3 is 12.1 Å². The van der Waals surface area contributed by atoms with Crippen molar-refractivity contribution in [1.29, 1.82) is 0 Å². The average molecular weight is 427 g/mol. The number of amides is 1. The Morgan fingerprint density at radius 3 is 2.45 bits per heavy atom. The third-order valence-electron chi connectivity index (χ3n) is 5.22. The molecule has 0 unspecified atom stereocenters. The van der Waals surface area contributed by atoms with Gasteiger partial charge in [0.25, 0.3) is 0 Å². The molecule has 162 valence electrons. The molecule has 0 saturated carbocycles. The highest BCUT2D eigenvalue weighted by molar-refractivity contribution is 7.88. The standard InChI is InChI=1S/C20H30N2O6S/c1-28-20(25)22-13-11-16(12-14-22)7-5-6-10-18(19(23)24)21-29(26,27)15-17-8-3-2-4-9-17/h2-4,8-9,16,18,21H,5-7,10-15H2,1H3,(H,23,24)/t18-/m1/s1. The summed E-state index contributed by atoms with van der Waals surface area (Å²) < 4.78 is 31.6. The van der Waals surface area contributed by atoms with Gasteiger partial charge in [-0.25, -0.2) is 17.9 Å². The number of aliphatic carboxylic acids is 1. The molecule has 1 saturated heterocycles. The molecule has 1 aromatic rings. The van der Waals surface area contributed by atoms with E-state index in [1.807, 2.05) is 0 Å². The topological polar surface area (TPSA) is 113 Å². The zero-order valence-corrected chi connectivity index (χ0v) is 17.6. The lowest BCUT2D eigenvalue weighted by molar-refractivity contribution is -0.139. The van der Waals surface area contributed by atoms with Crippen molar-refractivity contribution < 1.29 is 27.9 Å². The van der Waals surface area contributed by atoms with Crippen molar-refractivity contribution in [2.24, 2.45) is 5.92 Å². The number of ether oxygens (including phenoxy) is 1. The molecule has 0 aromatic heterocycles. The number of carboxylic acid groups (broad SMARTS) is 1. The maximum atomic E-state index is 12.3. The zero-order chi connectivity index (χ0) is 21.3. The van der Waals surface area contributed by atoms with E-state index in [4.69, 9.17) is 4.74 Å². The Morgan fingerprint density at radius 1 is 1.21 bits per heavy atom. The summed E-state index contributed by atoms with van der Waals surface area (Å²) in [4.78, 5) is 24.7. The monoisotopic (exact) mass is 426 g/mol. The van der Waals surface area contributed by atoms with Gasteiger partial charge in [-0.15, -0.1) is 0 Å². The summed E-state index contributed by atoms with van der Waals surface area (Å²) in [6.45, 7) is 1.35. The highest BCUT2D eigenvalue weighted by Crippen LogP contribution is 2.23. The molecule has 0 spiro atoms. The van der Waals surface area contributed by atoms with Crippen LogP contribution < -0.4 is 4.72 Å². The van der Waals surface area contributed by atoms with Crippen LogP contribution in [0.1, 0.15) is 44.1 Å². The normalized spacial score (nSPS) is 16.4. The van der Waals surface area contributed by atoms with Gasteiger partial charge in [-0.05, 0) is 30.7 Å². The maximum absolute atomic E-state index is 12.3. The van der Waals surface area contributed by atoms with E-state index >= 15 is 0 Å². The SMILES string of the molecule is COC(=O)N1CCC(CCCC[C@@H](NS(=O)(=O)Cc2ccccc2)C(=O)O)CC1. The second-order valence-corrected chi connectivity index (χ2v) is 9.19. The van der Waals surface area contributed by atoms with Gasteiger partial charge < -0.3 is 14.7 Å². The Balaban J connectivity index is 1.73. The summed E-state index contributed by atoms with van der Waals surface area (Å²) in [7, 11) is -2.36. The quantitative estimate of drug-likeness (QED) is 0.556. The second kappa shape index (κ2) is 11.2. The molecule has 9 heteroatoms. The van der Waals surface area contributed by atoms with Gasteiger partial charge in [-0.2, -0.15) is 0 Å². The molecular formula is C20H30N2O6S. The molecule has 1 amide bonds. The number of likely N-dealkylation sites (tertiary alicyclic amines) is 1. The number of hydrogen-bond donors (Lipinski definition) is 2. The zero-order valence-electron chi connectivity index (χ0n) is 16.7. The minimum Gasteiger partial charge on any atom is -0.480 e. The Labute approximate surface area is 172 Å². The predicted octanol–water partition coefficient (Wildman–Crippen LogP) is 2.60. The van der Waals surface area contributed by atoms with Crippen LogP contribution in [0.25, 0.3) is 0 Å². The Morgan fingerprint density at radius 2 is 1.86 bits per heavy atom. The number of carbonyl (C=O) groups is 2. The number of sulfonamides is 1. The molecule has 0 radical (unpaired) electrons. The lowest BCUT2D eigenvalue weighted by Gasteiger charge is -2.31. The smallest absolute Gasteiger partial charge is 0.409 e. The highest BCUT2D eigenvalue weighted by Gasteiger charge is 2.25. The number of piperidine rings is 1. The van der Waals surface area contributed by atoms with E-state index in [0.29, 0.717) is 31.0 Å². The first-order valence-corrected chi connectivity index (χ1v) is 11.6.